The largest absolute Gasteiger partial charge is 0.467 e. The van der Waals surface area contributed by atoms with Gasteiger partial charge >= 0.3 is 5.97 Å². The van der Waals surface area contributed by atoms with E-state index in [0.717, 1.165) is 11.3 Å². The first-order chi connectivity index (χ1) is 15.5. The lowest BCUT2D eigenvalue weighted by Crippen LogP contribution is -2.42. The molecular weight excluding hydrogens is 426 g/mol. The van der Waals surface area contributed by atoms with Gasteiger partial charge in [0.25, 0.3) is 5.91 Å². The molecule has 8 heteroatoms. The van der Waals surface area contributed by atoms with Gasteiger partial charge in [-0.05, 0) is 29.8 Å². The number of thiazole rings is 1. The van der Waals surface area contributed by atoms with Crippen molar-refractivity contribution in [1.29, 1.82) is 0 Å². The lowest BCUT2D eigenvalue weighted by Gasteiger charge is -2.22. The standard InChI is InChI=1S/C24H21N3O4S/c1-16(28)26(19-9-4-3-5-10-19)24-25-18(15-32-24)12-13-22(29)27-20-11-7-6-8-17(20)14-21(27)23(30)31-2/h3-13,15,21H,14H2,1-2H3/b13-12+. The summed E-state index contributed by atoms with van der Waals surface area (Å²) in [6.07, 6.45) is 3.38. The van der Waals surface area contributed by atoms with Gasteiger partial charge in [-0.25, -0.2) is 9.78 Å². The topological polar surface area (TPSA) is 79.8 Å². The maximum Gasteiger partial charge on any atom is 0.329 e. The number of ether oxygens (including phenoxy) is 1. The van der Waals surface area contributed by atoms with E-state index in [1.165, 1.54) is 41.2 Å². The fourth-order valence-corrected chi connectivity index (χ4v) is 4.53. The predicted molar refractivity (Wildman–Crippen MR) is 124 cm³/mol. The molecule has 1 unspecified atom stereocenters. The van der Waals surface area contributed by atoms with Gasteiger partial charge in [-0.1, -0.05) is 36.4 Å². The number of carbonyl (C=O) groups excluding carboxylic acids is 3. The molecule has 7 nitrogen and oxygen atoms in total. The summed E-state index contributed by atoms with van der Waals surface area (Å²) in [4.78, 5) is 45.0. The van der Waals surface area contributed by atoms with Crippen molar-refractivity contribution in [2.75, 3.05) is 16.9 Å². The van der Waals surface area contributed by atoms with Gasteiger partial charge in [0.1, 0.15) is 6.04 Å². The summed E-state index contributed by atoms with van der Waals surface area (Å²) < 4.78 is 4.90. The second-order valence-corrected chi connectivity index (χ2v) is 7.99. The minimum absolute atomic E-state index is 0.160. The van der Waals surface area contributed by atoms with Crippen LogP contribution in [0, 0.1) is 0 Å². The van der Waals surface area contributed by atoms with Crippen LogP contribution in [0.15, 0.2) is 66.1 Å². The maximum absolute atomic E-state index is 13.0. The predicted octanol–water partition coefficient (Wildman–Crippen LogP) is 3.97. The number of rotatable bonds is 5. The minimum Gasteiger partial charge on any atom is -0.467 e. The highest BCUT2D eigenvalue weighted by atomic mass is 32.1. The molecule has 1 aliphatic rings. The molecule has 0 aliphatic carbocycles. The molecule has 0 saturated carbocycles. The van der Waals surface area contributed by atoms with Crippen molar-refractivity contribution in [2.45, 2.75) is 19.4 Å². The molecule has 4 rings (SSSR count). The van der Waals surface area contributed by atoms with Gasteiger partial charge in [-0.2, -0.15) is 0 Å². The third-order valence-corrected chi connectivity index (χ3v) is 5.96. The number of para-hydroxylation sites is 2. The van der Waals surface area contributed by atoms with Crippen molar-refractivity contribution in [3.05, 3.63) is 77.3 Å². The van der Waals surface area contributed by atoms with E-state index < -0.39 is 12.0 Å². The summed E-state index contributed by atoms with van der Waals surface area (Å²) in [5, 5.41) is 2.28. The van der Waals surface area contributed by atoms with E-state index in [-0.39, 0.29) is 11.8 Å². The van der Waals surface area contributed by atoms with Crippen molar-refractivity contribution >= 4 is 51.7 Å². The zero-order valence-corrected chi connectivity index (χ0v) is 18.4. The fraction of sp³-hybridized carbons (Fsp3) is 0.167. The Labute approximate surface area is 189 Å². The van der Waals surface area contributed by atoms with E-state index in [1.807, 2.05) is 54.6 Å². The lowest BCUT2D eigenvalue weighted by molar-refractivity contribution is -0.143. The molecule has 1 atom stereocenters. The van der Waals surface area contributed by atoms with Crippen LogP contribution in [0.25, 0.3) is 6.08 Å². The number of amides is 2. The Balaban J connectivity index is 1.57. The number of fused-ring (bicyclic) bond motifs is 1. The smallest absolute Gasteiger partial charge is 0.329 e. The van der Waals surface area contributed by atoms with Gasteiger partial charge in [0.15, 0.2) is 5.13 Å². The first-order valence-electron chi connectivity index (χ1n) is 9.98. The Morgan fingerprint density at radius 3 is 2.56 bits per heavy atom. The molecule has 0 saturated heterocycles. The summed E-state index contributed by atoms with van der Waals surface area (Å²) in [7, 11) is 1.31. The van der Waals surface area contributed by atoms with Crippen molar-refractivity contribution < 1.29 is 19.1 Å². The second kappa shape index (κ2) is 9.15. The average Bonchev–Trinajstić information content (AvgIpc) is 3.42. The van der Waals surface area contributed by atoms with Crippen LogP contribution in [-0.4, -0.2) is 35.9 Å². The van der Waals surface area contributed by atoms with E-state index in [4.69, 9.17) is 4.74 Å². The van der Waals surface area contributed by atoms with Gasteiger partial charge < -0.3 is 4.74 Å². The third-order valence-electron chi connectivity index (χ3n) is 5.11. The number of nitrogens with zero attached hydrogens (tertiary/aromatic N) is 3. The Morgan fingerprint density at radius 1 is 1.12 bits per heavy atom. The molecular formula is C24H21N3O4S. The Bertz CT molecular complexity index is 1190. The molecule has 2 heterocycles. The summed E-state index contributed by atoms with van der Waals surface area (Å²) in [5.41, 5.74) is 2.88. The Kier molecular flexibility index (Phi) is 6.13. The van der Waals surface area contributed by atoms with Crippen LogP contribution < -0.4 is 9.80 Å². The van der Waals surface area contributed by atoms with E-state index in [9.17, 15) is 14.4 Å². The SMILES string of the molecule is COC(=O)C1Cc2ccccc2N1C(=O)/C=C/c1csc(N(C(C)=O)c2ccccc2)n1. The number of aromatic nitrogens is 1. The van der Waals surface area contributed by atoms with Crippen molar-refractivity contribution in [1.82, 2.24) is 4.98 Å². The number of esters is 1. The lowest BCUT2D eigenvalue weighted by atomic mass is 10.1. The molecule has 2 aromatic carbocycles. The molecule has 0 radical (unpaired) electrons. The monoisotopic (exact) mass is 447 g/mol. The quantitative estimate of drug-likeness (QED) is 0.437. The molecule has 0 fully saturated rings. The van der Waals surface area contributed by atoms with E-state index >= 15 is 0 Å². The van der Waals surface area contributed by atoms with Crippen molar-refractivity contribution in [3.63, 3.8) is 0 Å². The van der Waals surface area contributed by atoms with Crippen LogP contribution in [0.1, 0.15) is 18.2 Å². The van der Waals surface area contributed by atoms with Crippen LogP contribution in [0.2, 0.25) is 0 Å². The van der Waals surface area contributed by atoms with E-state index in [1.54, 1.807) is 11.5 Å². The number of hydrogen-bond acceptors (Lipinski definition) is 6. The first-order valence-corrected chi connectivity index (χ1v) is 10.9. The highest BCUT2D eigenvalue weighted by Gasteiger charge is 2.38. The molecule has 0 spiro atoms. The normalized spacial score (nSPS) is 14.9. The Morgan fingerprint density at radius 2 is 1.84 bits per heavy atom. The first kappa shape index (κ1) is 21.5. The zero-order valence-electron chi connectivity index (χ0n) is 17.6. The maximum atomic E-state index is 13.0. The van der Waals surface area contributed by atoms with Crippen LogP contribution in [0.4, 0.5) is 16.5 Å². The van der Waals surface area contributed by atoms with E-state index in [0.29, 0.717) is 22.9 Å². The highest BCUT2D eigenvalue weighted by molar-refractivity contribution is 7.14. The fourth-order valence-electron chi connectivity index (χ4n) is 3.68. The molecule has 1 aliphatic heterocycles. The molecule has 0 bridgehead atoms. The number of hydrogen-bond donors (Lipinski definition) is 0. The summed E-state index contributed by atoms with van der Waals surface area (Å²) in [6.45, 7) is 1.48. The molecule has 0 N–H and O–H groups in total. The third kappa shape index (κ3) is 4.17. The molecule has 3 aromatic rings. The minimum atomic E-state index is -0.702. The van der Waals surface area contributed by atoms with Gasteiger partial charge in [-0.15, -0.1) is 11.3 Å². The second-order valence-electron chi connectivity index (χ2n) is 7.16. The number of methoxy groups -OCH3 is 1. The van der Waals surface area contributed by atoms with E-state index in [2.05, 4.69) is 4.98 Å². The molecule has 1 aromatic heterocycles. The average molecular weight is 448 g/mol. The van der Waals surface area contributed by atoms with Gasteiger partial charge in [0.05, 0.1) is 18.5 Å². The molecule has 32 heavy (non-hydrogen) atoms. The number of carbonyl (C=O) groups is 3. The summed E-state index contributed by atoms with van der Waals surface area (Å²) >= 11 is 1.31. The number of benzene rings is 2. The highest BCUT2D eigenvalue weighted by Crippen LogP contribution is 2.33. The Hall–Kier alpha value is -3.78. The summed E-state index contributed by atoms with van der Waals surface area (Å²) in [5.74, 6) is -0.961. The molecule has 162 valence electrons. The number of anilines is 3. The van der Waals surface area contributed by atoms with Crippen LogP contribution >= 0.6 is 11.3 Å². The summed E-state index contributed by atoms with van der Waals surface area (Å²) in [6, 6.07) is 16.0. The van der Waals surface area contributed by atoms with Gasteiger partial charge in [0.2, 0.25) is 5.91 Å². The van der Waals surface area contributed by atoms with Gasteiger partial charge in [0, 0.05) is 30.5 Å². The van der Waals surface area contributed by atoms with Crippen LogP contribution in [0.3, 0.4) is 0 Å². The van der Waals surface area contributed by atoms with Crippen LogP contribution in [0.5, 0.6) is 0 Å². The van der Waals surface area contributed by atoms with Crippen molar-refractivity contribution in [3.8, 4) is 0 Å². The van der Waals surface area contributed by atoms with Crippen LogP contribution in [-0.2, 0) is 25.5 Å². The molecule has 2 amide bonds. The van der Waals surface area contributed by atoms with Gasteiger partial charge in [-0.3, -0.25) is 19.4 Å². The zero-order chi connectivity index (χ0) is 22.7. The van der Waals surface area contributed by atoms with Crippen molar-refractivity contribution in [2.24, 2.45) is 0 Å².